The smallest absolute Gasteiger partial charge is 0.171 e. The number of benzene rings is 2. The van der Waals surface area contributed by atoms with Gasteiger partial charge in [-0.05, 0) is 62.2 Å². The van der Waals surface area contributed by atoms with E-state index in [1.165, 1.54) is 44.9 Å². The minimum absolute atomic E-state index is 0.116. The average molecular weight is 408 g/mol. The van der Waals surface area contributed by atoms with Crippen molar-refractivity contribution in [3.05, 3.63) is 65.7 Å². The lowest BCUT2D eigenvalue weighted by atomic mass is 9.89. The number of nitrogens with zero attached hydrogens (tertiary/aromatic N) is 1. The summed E-state index contributed by atoms with van der Waals surface area (Å²) in [7, 11) is 0. The average Bonchev–Trinajstić information content (AvgIpc) is 2.81. The van der Waals surface area contributed by atoms with Gasteiger partial charge in [0.1, 0.15) is 5.75 Å². The molecule has 1 fully saturated rings. The highest BCUT2D eigenvalue weighted by Gasteiger charge is 2.25. The van der Waals surface area contributed by atoms with Crippen LogP contribution in [0.15, 0.2) is 54.6 Å². The Morgan fingerprint density at radius 3 is 2.30 bits per heavy atom. The summed E-state index contributed by atoms with van der Waals surface area (Å²) in [5, 5.41) is 0. The molecule has 1 aliphatic heterocycles. The van der Waals surface area contributed by atoms with Crippen LogP contribution in [0.2, 0.25) is 0 Å². The predicted molar refractivity (Wildman–Crippen MR) is 125 cm³/mol. The largest absolute Gasteiger partial charge is 0.494 e. The van der Waals surface area contributed by atoms with Gasteiger partial charge in [-0.2, -0.15) is 0 Å². The summed E-state index contributed by atoms with van der Waals surface area (Å²) in [6, 6.07) is 18.0. The van der Waals surface area contributed by atoms with Gasteiger partial charge in [-0.15, -0.1) is 0 Å². The van der Waals surface area contributed by atoms with Gasteiger partial charge in [-0.25, -0.2) is 0 Å². The summed E-state index contributed by atoms with van der Waals surface area (Å²) in [6.07, 6.45) is 9.94. The minimum Gasteiger partial charge on any atom is -0.494 e. The Bertz CT molecular complexity index is 735. The van der Waals surface area contributed by atoms with Gasteiger partial charge >= 0.3 is 0 Å². The number of piperidine rings is 1. The number of Topliss-reactive ketones (excluding diaryl/α,β-unsaturated/α-hetero) is 1. The number of unbranched alkanes of at least 4 members (excludes halogenated alkanes) is 4. The number of ether oxygens (including phenoxy) is 1. The molecule has 3 heteroatoms. The third-order valence-corrected chi connectivity index (χ3v) is 6.06. The van der Waals surface area contributed by atoms with Gasteiger partial charge in [-0.1, -0.05) is 69.4 Å². The van der Waals surface area contributed by atoms with Crippen LogP contribution in [0, 0.1) is 0 Å². The van der Waals surface area contributed by atoms with Crippen molar-refractivity contribution in [2.45, 2.75) is 64.2 Å². The molecule has 3 rings (SSSR count). The first-order valence-electron chi connectivity index (χ1n) is 11.8. The summed E-state index contributed by atoms with van der Waals surface area (Å²) in [4.78, 5) is 15.9. The highest BCUT2D eigenvalue weighted by atomic mass is 16.5. The molecule has 1 aliphatic rings. The molecule has 0 unspecified atom stereocenters. The second kappa shape index (κ2) is 12.5. The SMILES string of the molecule is CCCCCCCOc1ccc(C(=O)[C@H](CN2CCCCC2)c2ccccc2)cc1. The normalized spacial score (nSPS) is 15.6. The van der Waals surface area contributed by atoms with E-state index in [2.05, 4.69) is 24.0 Å². The minimum atomic E-state index is -0.116. The monoisotopic (exact) mass is 407 g/mol. The molecular weight excluding hydrogens is 370 g/mol. The van der Waals surface area contributed by atoms with E-state index in [4.69, 9.17) is 4.74 Å². The molecule has 0 saturated carbocycles. The zero-order valence-electron chi connectivity index (χ0n) is 18.5. The van der Waals surface area contributed by atoms with Gasteiger partial charge in [0.2, 0.25) is 0 Å². The van der Waals surface area contributed by atoms with E-state index >= 15 is 0 Å². The van der Waals surface area contributed by atoms with Crippen molar-refractivity contribution in [2.24, 2.45) is 0 Å². The maximum atomic E-state index is 13.4. The van der Waals surface area contributed by atoms with Gasteiger partial charge in [0.05, 0.1) is 12.5 Å². The van der Waals surface area contributed by atoms with E-state index in [-0.39, 0.29) is 11.7 Å². The Morgan fingerprint density at radius 2 is 1.60 bits per heavy atom. The Morgan fingerprint density at radius 1 is 0.900 bits per heavy atom. The molecule has 0 radical (unpaired) electrons. The molecule has 0 amide bonds. The van der Waals surface area contributed by atoms with Gasteiger partial charge in [0.25, 0.3) is 0 Å². The van der Waals surface area contributed by atoms with E-state index in [9.17, 15) is 4.79 Å². The van der Waals surface area contributed by atoms with Crippen molar-refractivity contribution in [2.75, 3.05) is 26.2 Å². The van der Waals surface area contributed by atoms with Gasteiger partial charge in [0.15, 0.2) is 5.78 Å². The summed E-state index contributed by atoms with van der Waals surface area (Å²) in [5.41, 5.74) is 1.89. The van der Waals surface area contributed by atoms with Crippen LogP contribution in [-0.2, 0) is 0 Å². The summed E-state index contributed by atoms with van der Waals surface area (Å²) in [6.45, 7) is 5.98. The lowest BCUT2D eigenvalue weighted by Gasteiger charge is -2.30. The number of carbonyl (C=O) groups is 1. The fourth-order valence-electron chi connectivity index (χ4n) is 4.24. The molecule has 0 spiro atoms. The Labute approximate surface area is 182 Å². The molecule has 0 aromatic heterocycles. The Hall–Kier alpha value is -2.13. The standard InChI is InChI=1S/C27H37NO2/c1-2-3-4-5-12-21-30-25-17-15-24(16-18-25)27(29)26(23-13-8-6-9-14-23)22-28-19-10-7-11-20-28/h6,8-9,13-18,26H,2-5,7,10-12,19-22H2,1H3/t26-/m1/s1. The lowest BCUT2D eigenvalue weighted by Crippen LogP contribution is -2.35. The molecule has 2 aromatic rings. The molecule has 162 valence electrons. The molecular formula is C27H37NO2. The third-order valence-electron chi connectivity index (χ3n) is 6.06. The first-order chi connectivity index (χ1) is 14.8. The van der Waals surface area contributed by atoms with Gasteiger partial charge < -0.3 is 9.64 Å². The maximum absolute atomic E-state index is 13.4. The van der Waals surface area contributed by atoms with Crippen molar-refractivity contribution >= 4 is 5.78 Å². The van der Waals surface area contributed by atoms with E-state index in [1.54, 1.807) is 0 Å². The van der Waals surface area contributed by atoms with Crippen molar-refractivity contribution < 1.29 is 9.53 Å². The molecule has 2 aromatic carbocycles. The van der Waals surface area contributed by atoms with Gasteiger partial charge in [-0.3, -0.25) is 4.79 Å². The zero-order valence-corrected chi connectivity index (χ0v) is 18.5. The molecule has 1 saturated heterocycles. The van der Waals surface area contributed by atoms with Crippen LogP contribution in [0.4, 0.5) is 0 Å². The molecule has 30 heavy (non-hydrogen) atoms. The van der Waals surface area contributed by atoms with Crippen molar-refractivity contribution in [3.63, 3.8) is 0 Å². The lowest BCUT2D eigenvalue weighted by molar-refractivity contribution is 0.0925. The van der Waals surface area contributed by atoms with E-state index in [0.717, 1.165) is 49.5 Å². The van der Waals surface area contributed by atoms with Crippen LogP contribution in [0.3, 0.4) is 0 Å². The predicted octanol–water partition coefficient (Wildman–Crippen LogP) is 6.49. The highest BCUT2D eigenvalue weighted by Crippen LogP contribution is 2.25. The first-order valence-corrected chi connectivity index (χ1v) is 11.8. The van der Waals surface area contributed by atoms with E-state index in [1.807, 2.05) is 42.5 Å². The number of ketones is 1. The molecule has 1 heterocycles. The highest BCUT2D eigenvalue weighted by molar-refractivity contribution is 6.01. The Kier molecular flexibility index (Phi) is 9.43. The zero-order chi connectivity index (χ0) is 21.0. The van der Waals surface area contributed by atoms with Crippen LogP contribution in [0.5, 0.6) is 5.75 Å². The number of hydrogen-bond acceptors (Lipinski definition) is 3. The topological polar surface area (TPSA) is 29.5 Å². The third kappa shape index (κ3) is 6.98. The summed E-state index contributed by atoms with van der Waals surface area (Å²) < 4.78 is 5.87. The maximum Gasteiger partial charge on any atom is 0.171 e. The van der Waals surface area contributed by atoms with Crippen molar-refractivity contribution in [1.29, 1.82) is 0 Å². The summed E-state index contributed by atoms with van der Waals surface area (Å²) in [5.74, 6) is 0.946. The number of likely N-dealkylation sites (tertiary alicyclic amines) is 1. The van der Waals surface area contributed by atoms with Crippen LogP contribution in [0.25, 0.3) is 0 Å². The van der Waals surface area contributed by atoms with Crippen molar-refractivity contribution in [1.82, 2.24) is 4.90 Å². The first kappa shape index (κ1) is 22.6. The molecule has 0 aliphatic carbocycles. The number of hydrogen-bond donors (Lipinski definition) is 0. The van der Waals surface area contributed by atoms with E-state index < -0.39 is 0 Å². The molecule has 1 atom stereocenters. The van der Waals surface area contributed by atoms with Crippen LogP contribution < -0.4 is 4.74 Å². The van der Waals surface area contributed by atoms with Crippen molar-refractivity contribution in [3.8, 4) is 5.75 Å². The molecule has 3 nitrogen and oxygen atoms in total. The van der Waals surface area contributed by atoms with Crippen LogP contribution >= 0.6 is 0 Å². The number of rotatable bonds is 12. The number of carbonyl (C=O) groups excluding carboxylic acids is 1. The second-order valence-corrected chi connectivity index (χ2v) is 8.48. The fraction of sp³-hybridized carbons (Fsp3) is 0.519. The van der Waals surface area contributed by atoms with Crippen LogP contribution in [0.1, 0.15) is 80.1 Å². The molecule has 0 bridgehead atoms. The van der Waals surface area contributed by atoms with Crippen LogP contribution in [-0.4, -0.2) is 36.9 Å². The quantitative estimate of drug-likeness (QED) is 0.297. The van der Waals surface area contributed by atoms with Gasteiger partial charge in [0, 0.05) is 12.1 Å². The fourth-order valence-corrected chi connectivity index (χ4v) is 4.24. The van der Waals surface area contributed by atoms with E-state index in [0.29, 0.717) is 0 Å². The Balaban J connectivity index is 1.60. The second-order valence-electron chi connectivity index (χ2n) is 8.48. The summed E-state index contributed by atoms with van der Waals surface area (Å²) >= 11 is 0. The molecule has 0 N–H and O–H groups in total.